The highest BCUT2D eigenvalue weighted by Gasteiger charge is 2.19. The Morgan fingerprint density at radius 1 is 0.296 bits per heavy atom. The highest BCUT2D eigenvalue weighted by Crippen LogP contribution is 2.12. The maximum absolute atomic E-state index is 12.7. The molecule has 0 spiro atoms. The summed E-state index contributed by atoms with van der Waals surface area (Å²) in [6, 6.07) is 0. The molecule has 6 heteroatoms. The van der Waals surface area contributed by atoms with Crippen LogP contribution in [0.2, 0.25) is 0 Å². The Labute approximate surface area is 436 Å². The first kappa shape index (κ1) is 66.3. The van der Waals surface area contributed by atoms with E-state index in [2.05, 4.69) is 167 Å². The molecule has 0 amide bonds. The van der Waals surface area contributed by atoms with Crippen LogP contribution < -0.4 is 0 Å². The second-order valence-corrected chi connectivity index (χ2v) is 18.1. The van der Waals surface area contributed by atoms with Gasteiger partial charge in [0.2, 0.25) is 0 Å². The number of hydrogen-bond acceptors (Lipinski definition) is 6. The number of carbonyl (C=O) groups excluding carboxylic acids is 3. The van der Waals surface area contributed by atoms with Gasteiger partial charge in [0.25, 0.3) is 0 Å². The molecule has 0 aromatic rings. The van der Waals surface area contributed by atoms with Gasteiger partial charge in [0.1, 0.15) is 13.2 Å². The van der Waals surface area contributed by atoms with Gasteiger partial charge in [0.15, 0.2) is 6.10 Å². The average Bonchev–Trinajstić information content (AvgIpc) is 3.37. The fraction of sp³-hybridized carbons (Fsp3) is 0.585. The van der Waals surface area contributed by atoms with Crippen molar-refractivity contribution < 1.29 is 28.6 Å². The fourth-order valence-electron chi connectivity index (χ4n) is 7.06. The molecule has 6 nitrogen and oxygen atoms in total. The van der Waals surface area contributed by atoms with Crippen LogP contribution in [0.25, 0.3) is 0 Å². The standard InChI is InChI=1S/C65H102O6/c1-4-7-10-13-16-19-22-23-24-25-26-27-28-29-30-31-32-33-34-35-36-37-38-39-40-41-42-43-44-47-49-52-55-58-64(67)70-61-62(71-65(68)59-56-53-50-46-21-18-15-12-9-6-3)60-69-63(66)57-54-51-48-45-20-17-14-11-8-5-2/h7,10-12,14-16,19,23-24,26-27,29-30,32-33,35-36,38-39,41-42,44,47,62H,4-6,8-9,13,17-18,20-22,25,28,31,34,37,40,43,45-46,48-61H2,1-3H3/b10-7-,14-11-,15-12-,19-16-,24-23-,27-26-,30-29-,33-32-,36-35-,39-38-,42-41-,47-44-. The summed E-state index contributed by atoms with van der Waals surface area (Å²) >= 11 is 0. The lowest BCUT2D eigenvalue weighted by Gasteiger charge is -2.18. The fourth-order valence-corrected chi connectivity index (χ4v) is 7.06. The number of unbranched alkanes of at least 4 members (excludes halogenated alkanes) is 14. The molecule has 0 fully saturated rings. The van der Waals surface area contributed by atoms with Gasteiger partial charge in [-0.1, -0.05) is 218 Å². The first-order chi connectivity index (χ1) is 35.0. The molecule has 0 aliphatic rings. The molecule has 0 bridgehead atoms. The van der Waals surface area contributed by atoms with Crippen molar-refractivity contribution in [3.63, 3.8) is 0 Å². The Balaban J connectivity index is 4.27. The Morgan fingerprint density at radius 3 is 0.901 bits per heavy atom. The van der Waals surface area contributed by atoms with Crippen LogP contribution in [-0.4, -0.2) is 37.2 Å². The van der Waals surface area contributed by atoms with Crippen LogP contribution in [-0.2, 0) is 28.6 Å². The van der Waals surface area contributed by atoms with Crippen molar-refractivity contribution in [1.82, 2.24) is 0 Å². The molecule has 0 aromatic heterocycles. The molecule has 1 unspecified atom stereocenters. The van der Waals surface area contributed by atoms with Gasteiger partial charge >= 0.3 is 17.9 Å². The summed E-state index contributed by atoms with van der Waals surface area (Å²) in [5.74, 6) is -0.982. The van der Waals surface area contributed by atoms with Crippen LogP contribution >= 0.6 is 0 Å². The second-order valence-electron chi connectivity index (χ2n) is 18.1. The van der Waals surface area contributed by atoms with E-state index in [0.29, 0.717) is 25.7 Å². The highest BCUT2D eigenvalue weighted by molar-refractivity contribution is 5.71. The number of rotatable bonds is 49. The van der Waals surface area contributed by atoms with E-state index in [1.54, 1.807) is 0 Å². The minimum absolute atomic E-state index is 0.104. The van der Waals surface area contributed by atoms with E-state index in [-0.39, 0.29) is 31.1 Å². The molecular weight excluding hydrogens is 877 g/mol. The minimum Gasteiger partial charge on any atom is -0.462 e. The van der Waals surface area contributed by atoms with Crippen LogP contribution in [0.4, 0.5) is 0 Å². The van der Waals surface area contributed by atoms with Crippen molar-refractivity contribution in [2.45, 2.75) is 232 Å². The third-order valence-corrected chi connectivity index (χ3v) is 11.3. The molecule has 0 aliphatic carbocycles. The zero-order valence-electron chi connectivity index (χ0n) is 45.4. The predicted octanol–water partition coefficient (Wildman–Crippen LogP) is 19.2. The molecule has 0 aromatic carbocycles. The molecule has 0 saturated carbocycles. The summed E-state index contributed by atoms with van der Waals surface area (Å²) in [5.41, 5.74) is 0. The molecule has 0 heterocycles. The van der Waals surface area contributed by atoms with Gasteiger partial charge in [0.05, 0.1) is 0 Å². The van der Waals surface area contributed by atoms with E-state index >= 15 is 0 Å². The van der Waals surface area contributed by atoms with Crippen LogP contribution in [0.15, 0.2) is 146 Å². The van der Waals surface area contributed by atoms with Gasteiger partial charge in [-0.3, -0.25) is 14.4 Å². The van der Waals surface area contributed by atoms with E-state index < -0.39 is 6.10 Å². The zero-order chi connectivity index (χ0) is 51.4. The van der Waals surface area contributed by atoms with Crippen molar-refractivity contribution in [1.29, 1.82) is 0 Å². The van der Waals surface area contributed by atoms with Gasteiger partial charge < -0.3 is 14.2 Å². The van der Waals surface area contributed by atoms with E-state index in [9.17, 15) is 14.4 Å². The average molecular weight is 980 g/mol. The number of hydrogen-bond donors (Lipinski definition) is 0. The lowest BCUT2D eigenvalue weighted by atomic mass is 10.1. The smallest absolute Gasteiger partial charge is 0.306 e. The van der Waals surface area contributed by atoms with Crippen molar-refractivity contribution in [3.05, 3.63) is 146 Å². The third-order valence-electron chi connectivity index (χ3n) is 11.3. The summed E-state index contributed by atoms with van der Waals surface area (Å²) < 4.78 is 16.7. The van der Waals surface area contributed by atoms with Crippen molar-refractivity contribution in [2.75, 3.05) is 13.2 Å². The van der Waals surface area contributed by atoms with Gasteiger partial charge in [-0.15, -0.1) is 0 Å². The number of ether oxygens (including phenoxy) is 3. The molecular formula is C65H102O6. The Bertz CT molecular complexity index is 1590. The van der Waals surface area contributed by atoms with Gasteiger partial charge in [0, 0.05) is 19.3 Å². The van der Waals surface area contributed by atoms with Crippen LogP contribution in [0.5, 0.6) is 0 Å². The largest absolute Gasteiger partial charge is 0.462 e. The van der Waals surface area contributed by atoms with E-state index in [1.165, 1.54) is 25.7 Å². The molecule has 0 saturated heterocycles. The molecule has 71 heavy (non-hydrogen) atoms. The Hall–Kier alpha value is -4.71. The lowest BCUT2D eigenvalue weighted by Crippen LogP contribution is -2.30. The van der Waals surface area contributed by atoms with E-state index in [1.807, 2.05) is 0 Å². The SMILES string of the molecule is CC/C=C\C/C=C\C/C=C\C/C=C\C/C=C\C/C=C\C/C=C\C/C=C\C/C=C\C/C=C\CCCCC(=O)OCC(COC(=O)CCCCCCC/C=C\CCC)OC(=O)CCCCCCC/C=C\CCC. The van der Waals surface area contributed by atoms with Gasteiger partial charge in [-0.25, -0.2) is 0 Å². The monoisotopic (exact) mass is 979 g/mol. The van der Waals surface area contributed by atoms with E-state index in [4.69, 9.17) is 14.2 Å². The maximum atomic E-state index is 12.7. The predicted molar refractivity (Wildman–Crippen MR) is 306 cm³/mol. The normalized spacial score (nSPS) is 13.2. The summed E-state index contributed by atoms with van der Waals surface area (Å²) in [7, 11) is 0. The number of allylic oxidation sites excluding steroid dienone is 24. The first-order valence-corrected chi connectivity index (χ1v) is 28.3. The number of carbonyl (C=O) groups is 3. The molecule has 398 valence electrons. The van der Waals surface area contributed by atoms with E-state index in [0.717, 1.165) is 154 Å². The molecule has 0 N–H and O–H groups in total. The second kappa shape index (κ2) is 57.9. The topological polar surface area (TPSA) is 78.9 Å². The van der Waals surface area contributed by atoms with Gasteiger partial charge in [-0.05, 0) is 135 Å². The Morgan fingerprint density at radius 2 is 0.549 bits per heavy atom. The summed E-state index contributed by atoms with van der Waals surface area (Å²) in [6.45, 7) is 6.32. The maximum Gasteiger partial charge on any atom is 0.306 e. The minimum atomic E-state index is -0.806. The van der Waals surface area contributed by atoms with Crippen molar-refractivity contribution in [2.24, 2.45) is 0 Å². The quantitative estimate of drug-likeness (QED) is 0.0262. The van der Waals surface area contributed by atoms with Crippen molar-refractivity contribution in [3.8, 4) is 0 Å². The third kappa shape index (κ3) is 56.1. The summed E-state index contributed by atoms with van der Waals surface area (Å²) in [4.78, 5) is 37.9. The zero-order valence-corrected chi connectivity index (χ0v) is 45.4. The number of esters is 3. The van der Waals surface area contributed by atoms with Gasteiger partial charge in [-0.2, -0.15) is 0 Å². The first-order valence-electron chi connectivity index (χ1n) is 28.3. The highest BCUT2D eigenvalue weighted by atomic mass is 16.6. The summed E-state index contributed by atoms with van der Waals surface area (Å²) in [5, 5.41) is 0. The molecule has 1 atom stereocenters. The lowest BCUT2D eigenvalue weighted by molar-refractivity contribution is -0.167. The van der Waals surface area contributed by atoms with Crippen LogP contribution in [0.3, 0.4) is 0 Å². The van der Waals surface area contributed by atoms with Crippen LogP contribution in [0.1, 0.15) is 226 Å². The summed E-state index contributed by atoms with van der Waals surface area (Å²) in [6.07, 6.45) is 82.9. The van der Waals surface area contributed by atoms with Crippen LogP contribution in [0, 0.1) is 0 Å². The molecule has 0 radical (unpaired) electrons. The molecule has 0 rings (SSSR count). The molecule has 0 aliphatic heterocycles. The Kier molecular flexibility index (Phi) is 54.0. The van der Waals surface area contributed by atoms with Crippen molar-refractivity contribution >= 4 is 17.9 Å².